The van der Waals surface area contributed by atoms with Crippen molar-refractivity contribution in [1.29, 1.82) is 5.26 Å². The quantitative estimate of drug-likeness (QED) is 0.305. The van der Waals surface area contributed by atoms with E-state index in [2.05, 4.69) is 31.8 Å². The number of phenolic OH excluding ortho intramolecular Hbond substituents is 1. The Kier molecular flexibility index (Phi) is 6.21. The van der Waals surface area contributed by atoms with Crippen LogP contribution >= 0.6 is 0 Å². The van der Waals surface area contributed by atoms with Crippen LogP contribution in [0.15, 0.2) is 30.5 Å². The molecule has 7 rings (SSSR count). The molecule has 212 valence electrons. The van der Waals surface area contributed by atoms with E-state index < -0.39 is 23.3 Å². The number of hydrogen-bond donors (Lipinski definition) is 1. The molecule has 2 aromatic carbocycles. The van der Waals surface area contributed by atoms with Crippen LogP contribution in [-0.2, 0) is 0 Å². The van der Waals surface area contributed by atoms with E-state index >= 15 is 4.39 Å². The summed E-state index contributed by atoms with van der Waals surface area (Å²) in [5.74, 6) is 0.481. The molecule has 0 unspecified atom stereocenters. The van der Waals surface area contributed by atoms with Gasteiger partial charge in [-0.2, -0.15) is 15.2 Å². The minimum absolute atomic E-state index is 0.0337. The van der Waals surface area contributed by atoms with Crippen LogP contribution in [0.1, 0.15) is 49.3 Å². The van der Waals surface area contributed by atoms with Crippen LogP contribution in [0.2, 0.25) is 0 Å². The molecule has 4 aromatic rings. The molecule has 0 bridgehead atoms. The summed E-state index contributed by atoms with van der Waals surface area (Å²) in [4.78, 5) is 15.6. The van der Waals surface area contributed by atoms with E-state index in [1.54, 1.807) is 0 Å². The maximum atomic E-state index is 16.5. The third kappa shape index (κ3) is 4.13. The summed E-state index contributed by atoms with van der Waals surface area (Å²) in [6.45, 7) is 1.34. The summed E-state index contributed by atoms with van der Waals surface area (Å²) >= 11 is 0. The molecular weight excluding hydrogens is 543 g/mol. The Morgan fingerprint density at radius 3 is 2.83 bits per heavy atom. The number of ether oxygens (including phenoxy) is 1. The van der Waals surface area contributed by atoms with Crippen LogP contribution < -0.4 is 4.74 Å². The zero-order valence-electron chi connectivity index (χ0n) is 22.6. The van der Waals surface area contributed by atoms with Crippen molar-refractivity contribution >= 4 is 21.7 Å². The number of terminal acetylenes is 1. The molecule has 2 saturated heterocycles. The predicted molar refractivity (Wildman–Crippen MR) is 149 cm³/mol. The second kappa shape index (κ2) is 9.85. The first kappa shape index (κ1) is 26.5. The van der Waals surface area contributed by atoms with E-state index in [1.165, 1.54) is 30.5 Å². The summed E-state index contributed by atoms with van der Waals surface area (Å²) in [6, 6.07) is 7.59. The monoisotopic (exact) mass is 569 g/mol. The van der Waals surface area contributed by atoms with Crippen molar-refractivity contribution in [3.63, 3.8) is 0 Å². The molecule has 2 aliphatic heterocycles. The van der Waals surface area contributed by atoms with E-state index in [0.29, 0.717) is 42.3 Å². The summed E-state index contributed by atoms with van der Waals surface area (Å²) in [5, 5.41) is 20.8. The number of nitriles is 1. The van der Waals surface area contributed by atoms with Gasteiger partial charge in [0.1, 0.15) is 35.6 Å². The lowest BCUT2D eigenvalue weighted by Gasteiger charge is -2.32. The average molecular weight is 570 g/mol. The Balaban J connectivity index is 1.37. The summed E-state index contributed by atoms with van der Waals surface area (Å²) in [6.07, 6.45) is 9.38. The second-order valence-electron chi connectivity index (χ2n) is 11.6. The van der Waals surface area contributed by atoms with Gasteiger partial charge in [0.05, 0.1) is 22.9 Å². The molecule has 0 radical (unpaired) electrons. The van der Waals surface area contributed by atoms with E-state index in [9.17, 15) is 19.1 Å². The lowest BCUT2D eigenvalue weighted by Crippen LogP contribution is -2.43. The summed E-state index contributed by atoms with van der Waals surface area (Å²) in [5.41, 5.74) is -0.0822. The van der Waals surface area contributed by atoms with Crippen molar-refractivity contribution in [3.8, 4) is 41.4 Å². The molecule has 0 spiro atoms. The molecule has 42 heavy (non-hydrogen) atoms. The molecule has 3 aliphatic rings. The molecule has 1 saturated carbocycles. The predicted octanol–water partition coefficient (Wildman–Crippen LogP) is 5.78. The summed E-state index contributed by atoms with van der Waals surface area (Å²) < 4.78 is 51.6. The standard InChI is InChI=1S/C32H26F3N5O2/c1-2-22-25(34)5-4-18-10-21(41)11-23(26(18)22)29-27(35)30-24(14-37-29)28(19-8-17(9-19)13-36)38-31(39-30)42-16-32-6-3-7-40(32)15-20(33)12-32/h1,4-5,10-11,14,17,19-20,41H,3,6-9,12,15-16H2/t17?,19?,20-,32+/m1/s1. The fourth-order valence-corrected chi connectivity index (χ4v) is 6.97. The Morgan fingerprint density at radius 2 is 2.05 bits per heavy atom. The first-order valence-corrected chi connectivity index (χ1v) is 14.0. The zero-order chi connectivity index (χ0) is 29.2. The smallest absolute Gasteiger partial charge is 0.317 e. The van der Waals surface area contributed by atoms with Gasteiger partial charge in [-0.1, -0.05) is 12.0 Å². The fraction of sp³-hybridized carbons (Fsp3) is 0.375. The number of nitrogens with zero attached hydrogens (tertiary/aromatic N) is 5. The van der Waals surface area contributed by atoms with Crippen molar-refractivity contribution in [1.82, 2.24) is 19.9 Å². The van der Waals surface area contributed by atoms with Crippen molar-refractivity contribution in [3.05, 3.63) is 53.4 Å². The van der Waals surface area contributed by atoms with Crippen LogP contribution in [0, 0.1) is 41.2 Å². The Morgan fingerprint density at radius 1 is 1.21 bits per heavy atom. The van der Waals surface area contributed by atoms with Crippen LogP contribution in [0.25, 0.3) is 32.9 Å². The van der Waals surface area contributed by atoms with E-state index in [0.717, 1.165) is 19.4 Å². The van der Waals surface area contributed by atoms with E-state index in [-0.39, 0.29) is 57.9 Å². The summed E-state index contributed by atoms with van der Waals surface area (Å²) in [7, 11) is 0. The number of rotatable bonds is 5. The maximum absolute atomic E-state index is 16.5. The molecule has 10 heteroatoms. The van der Waals surface area contributed by atoms with Crippen LogP contribution in [0.4, 0.5) is 13.2 Å². The third-order valence-corrected chi connectivity index (χ3v) is 9.08. The average Bonchev–Trinajstić information content (AvgIpc) is 3.47. The largest absolute Gasteiger partial charge is 0.508 e. The number of halogens is 3. The Hall–Kier alpha value is -4.41. The van der Waals surface area contributed by atoms with Gasteiger partial charge in [0, 0.05) is 47.3 Å². The van der Waals surface area contributed by atoms with Crippen molar-refractivity contribution < 1.29 is 23.0 Å². The normalized spacial score (nSPS) is 25.2. The molecular formula is C32H26F3N5O2. The lowest BCUT2D eigenvalue weighted by molar-refractivity contribution is 0.107. The number of aromatic nitrogens is 3. The minimum Gasteiger partial charge on any atom is -0.508 e. The van der Waals surface area contributed by atoms with Crippen molar-refractivity contribution in [2.45, 2.75) is 49.7 Å². The van der Waals surface area contributed by atoms with Gasteiger partial charge in [-0.3, -0.25) is 9.88 Å². The molecule has 1 aliphatic carbocycles. The van der Waals surface area contributed by atoms with Gasteiger partial charge in [-0.25, -0.2) is 13.2 Å². The number of aromatic hydroxyl groups is 1. The van der Waals surface area contributed by atoms with Crippen LogP contribution in [-0.4, -0.2) is 56.4 Å². The number of phenols is 1. The lowest BCUT2D eigenvalue weighted by atomic mass is 9.73. The van der Waals surface area contributed by atoms with Gasteiger partial charge in [-0.05, 0) is 55.8 Å². The first-order chi connectivity index (χ1) is 20.3. The van der Waals surface area contributed by atoms with Gasteiger partial charge >= 0.3 is 6.01 Å². The number of pyridine rings is 1. The zero-order valence-corrected chi connectivity index (χ0v) is 22.6. The Labute approximate surface area is 240 Å². The molecule has 3 fully saturated rings. The van der Waals surface area contributed by atoms with Gasteiger partial charge < -0.3 is 9.84 Å². The number of hydrogen-bond acceptors (Lipinski definition) is 7. The second-order valence-corrected chi connectivity index (χ2v) is 11.6. The van der Waals surface area contributed by atoms with E-state index in [1.807, 2.05) is 0 Å². The van der Waals surface area contributed by atoms with Crippen LogP contribution in [0.3, 0.4) is 0 Å². The number of fused-ring (bicyclic) bond motifs is 3. The minimum atomic E-state index is -0.930. The van der Waals surface area contributed by atoms with Gasteiger partial charge in [-0.15, -0.1) is 6.42 Å². The highest BCUT2D eigenvalue weighted by Crippen LogP contribution is 2.45. The first-order valence-electron chi connectivity index (χ1n) is 14.0. The number of alkyl halides is 1. The molecule has 2 aromatic heterocycles. The fourth-order valence-electron chi connectivity index (χ4n) is 6.97. The topological polar surface area (TPSA) is 95.2 Å². The van der Waals surface area contributed by atoms with E-state index in [4.69, 9.17) is 11.2 Å². The SMILES string of the molecule is C#Cc1c(F)ccc2cc(O)cc(-c3ncc4c(C5CC(C#N)C5)nc(OC[C@@]56CCCN5C[C@H](F)C6)nc4c3F)c12. The molecule has 2 atom stereocenters. The number of benzene rings is 2. The third-order valence-electron chi connectivity index (χ3n) is 9.08. The Bertz CT molecular complexity index is 1840. The van der Waals surface area contributed by atoms with Gasteiger partial charge in [0.2, 0.25) is 0 Å². The molecule has 7 nitrogen and oxygen atoms in total. The highest BCUT2D eigenvalue weighted by Gasteiger charge is 2.49. The maximum Gasteiger partial charge on any atom is 0.317 e. The molecule has 0 amide bonds. The highest BCUT2D eigenvalue weighted by molar-refractivity contribution is 6.02. The van der Waals surface area contributed by atoms with Gasteiger partial charge in [0.25, 0.3) is 0 Å². The van der Waals surface area contributed by atoms with Crippen molar-refractivity contribution in [2.75, 3.05) is 19.7 Å². The highest BCUT2D eigenvalue weighted by atomic mass is 19.1. The van der Waals surface area contributed by atoms with Crippen molar-refractivity contribution in [2.24, 2.45) is 5.92 Å². The van der Waals surface area contributed by atoms with Crippen LogP contribution in [0.5, 0.6) is 11.8 Å². The molecule has 1 N–H and O–H groups in total. The van der Waals surface area contributed by atoms with Gasteiger partial charge in [0.15, 0.2) is 5.82 Å². The molecule has 4 heterocycles.